The third kappa shape index (κ3) is 3.27. The van der Waals surface area contributed by atoms with Gasteiger partial charge in [0, 0.05) is 7.05 Å². The average molecular weight is 360 g/mol. The van der Waals surface area contributed by atoms with Crippen molar-refractivity contribution in [3.8, 4) is 0 Å². The van der Waals surface area contributed by atoms with Crippen molar-refractivity contribution in [2.24, 2.45) is 0 Å². The number of hydrogen-bond acceptors (Lipinski definition) is 7. The van der Waals surface area contributed by atoms with Gasteiger partial charge in [0.1, 0.15) is 5.01 Å². The predicted molar refractivity (Wildman–Crippen MR) is 92.9 cm³/mol. The summed E-state index contributed by atoms with van der Waals surface area (Å²) in [5.41, 5.74) is 0.983. The number of rotatable bonds is 6. The molecule has 7 nitrogen and oxygen atoms in total. The van der Waals surface area contributed by atoms with E-state index >= 15 is 0 Å². The Morgan fingerprint density at radius 1 is 1.42 bits per heavy atom. The lowest BCUT2D eigenvalue weighted by Crippen LogP contribution is -2.27. The monoisotopic (exact) mass is 360 g/mol. The minimum absolute atomic E-state index is 0.0459. The Morgan fingerprint density at radius 3 is 3.04 bits per heavy atom. The summed E-state index contributed by atoms with van der Waals surface area (Å²) in [6.07, 6.45) is 2.23. The summed E-state index contributed by atoms with van der Waals surface area (Å²) < 4.78 is 2.97. The second kappa shape index (κ2) is 6.48. The number of carbonyl (C=O) groups is 1. The maximum absolute atomic E-state index is 12.4. The van der Waals surface area contributed by atoms with Crippen LogP contribution in [0.1, 0.15) is 23.9 Å². The van der Waals surface area contributed by atoms with Crippen molar-refractivity contribution in [3.05, 3.63) is 29.3 Å². The molecule has 3 aromatic rings. The number of tetrazole rings is 1. The molecular weight excluding hydrogens is 344 g/mol. The first-order chi connectivity index (χ1) is 11.7. The van der Waals surface area contributed by atoms with E-state index in [-0.39, 0.29) is 5.91 Å². The number of thioether (sulfide) groups is 1. The van der Waals surface area contributed by atoms with E-state index in [0.717, 1.165) is 33.2 Å². The van der Waals surface area contributed by atoms with E-state index in [2.05, 4.69) is 20.5 Å². The van der Waals surface area contributed by atoms with Gasteiger partial charge in [0.2, 0.25) is 11.1 Å². The summed E-state index contributed by atoms with van der Waals surface area (Å²) >= 11 is 3.02. The van der Waals surface area contributed by atoms with Crippen LogP contribution in [0.5, 0.6) is 0 Å². The highest BCUT2D eigenvalue weighted by Crippen LogP contribution is 2.36. The van der Waals surface area contributed by atoms with Crippen LogP contribution in [0.25, 0.3) is 10.2 Å². The molecule has 1 amide bonds. The van der Waals surface area contributed by atoms with Gasteiger partial charge in [-0.25, -0.2) is 9.67 Å². The fourth-order valence-electron chi connectivity index (χ4n) is 2.34. The number of benzene rings is 1. The summed E-state index contributed by atoms with van der Waals surface area (Å²) in [5.74, 6) is 0.374. The summed E-state index contributed by atoms with van der Waals surface area (Å²) in [5, 5.41) is 13.4. The van der Waals surface area contributed by atoms with Gasteiger partial charge in [-0.15, -0.1) is 16.4 Å². The second-order valence-electron chi connectivity index (χ2n) is 5.75. The fraction of sp³-hybridized carbons (Fsp3) is 0.400. The Morgan fingerprint density at radius 2 is 2.25 bits per heavy atom. The standard InChI is InChI=1S/C15H16N6OS2/c1-20(8-13-16-11-4-2-3-5-12(11)24-13)14(22)9-23-15-17-18-19-21(15)10-6-7-10/h2-5,10H,6-9H2,1H3. The topological polar surface area (TPSA) is 76.8 Å². The minimum atomic E-state index is 0.0459. The largest absolute Gasteiger partial charge is 0.338 e. The number of aromatic nitrogens is 5. The lowest BCUT2D eigenvalue weighted by atomic mass is 10.3. The molecule has 0 unspecified atom stereocenters. The first-order valence-corrected chi connectivity index (χ1v) is 9.50. The molecule has 2 aromatic heterocycles. The zero-order chi connectivity index (χ0) is 16.5. The molecule has 0 radical (unpaired) electrons. The molecule has 4 rings (SSSR count). The molecule has 1 aromatic carbocycles. The van der Waals surface area contributed by atoms with Crippen LogP contribution in [0.2, 0.25) is 0 Å². The Labute approximate surface area is 147 Å². The van der Waals surface area contributed by atoms with Crippen molar-refractivity contribution in [1.29, 1.82) is 0 Å². The van der Waals surface area contributed by atoms with Gasteiger partial charge in [-0.2, -0.15) is 0 Å². The lowest BCUT2D eigenvalue weighted by Gasteiger charge is -2.15. The van der Waals surface area contributed by atoms with E-state index in [0.29, 0.717) is 18.3 Å². The molecule has 0 aliphatic heterocycles. The highest BCUT2D eigenvalue weighted by atomic mass is 32.2. The molecule has 124 valence electrons. The quantitative estimate of drug-likeness (QED) is 0.628. The van der Waals surface area contributed by atoms with Crippen LogP contribution in [0, 0.1) is 0 Å². The SMILES string of the molecule is CN(Cc1nc2ccccc2s1)C(=O)CSc1nnnn1C1CC1. The number of amides is 1. The highest BCUT2D eigenvalue weighted by molar-refractivity contribution is 7.99. The summed E-state index contributed by atoms with van der Waals surface area (Å²) in [7, 11) is 1.80. The van der Waals surface area contributed by atoms with Gasteiger partial charge in [-0.3, -0.25) is 4.79 Å². The first-order valence-electron chi connectivity index (χ1n) is 7.70. The Bertz CT molecular complexity index is 839. The number of thiazole rings is 1. The second-order valence-corrected chi connectivity index (χ2v) is 7.81. The van der Waals surface area contributed by atoms with Crippen LogP contribution in [0.15, 0.2) is 29.4 Å². The van der Waals surface area contributed by atoms with E-state index in [9.17, 15) is 4.79 Å². The normalized spacial score (nSPS) is 14.2. The predicted octanol–water partition coefficient (Wildman–Crippen LogP) is 2.37. The lowest BCUT2D eigenvalue weighted by molar-refractivity contribution is -0.127. The number of carbonyl (C=O) groups excluding carboxylic acids is 1. The van der Waals surface area contributed by atoms with Crippen LogP contribution in [-0.4, -0.2) is 48.8 Å². The van der Waals surface area contributed by atoms with Crippen molar-refractivity contribution in [2.45, 2.75) is 30.6 Å². The molecule has 0 saturated heterocycles. The maximum atomic E-state index is 12.4. The smallest absolute Gasteiger partial charge is 0.233 e. The minimum Gasteiger partial charge on any atom is -0.338 e. The molecule has 1 aliphatic rings. The third-order valence-electron chi connectivity index (χ3n) is 3.82. The molecule has 1 saturated carbocycles. The molecule has 9 heteroatoms. The van der Waals surface area contributed by atoms with Crippen LogP contribution in [0.3, 0.4) is 0 Å². The van der Waals surface area contributed by atoms with Gasteiger partial charge in [-0.1, -0.05) is 23.9 Å². The van der Waals surface area contributed by atoms with Crippen molar-refractivity contribution in [2.75, 3.05) is 12.8 Å². The summed E-state index contributed by atoms with van der Waals surface area (Å²) in [6, 6.07) is 8.43. The van der Waals surface area contributed by atoms with Gasteiger partial charge in [0.25, 0.3) is 0 Å². The van der Waals surface area contributed by atoms with Crippen LogP contribution in [0.4, 0.5) is 0 Å². The number of hydrogen-bond donors (Lipinski definition) is 0. The maximum Gasteiger partial charge on any atom is 0.233 e. The van der Waals surface area contributed by atoms with Crippen LogP contribution >= 0.6 is 23.1 Å². The molecule has 0 atom stereocenters. The zero-order valence-electron chi connectivity index (χ0n) is 13.1. The Hall–Kier alpha value is -2.00. The van der Waals surface area contributed by atoms with Crippen LogP contribution in [-0.2, 0) is 11.3 Å². The molecule has 0 spiro atoms. The van der Waals surface area contributed by atoms with Crippen molar-refractivity contribution in [3.63, 3.8) is 0 Å². The van der Waals surface area contributed by atoms with E-state index in [4.69, 9.17) is 0 Å². The van der Waals surface area contributed by atoms with Crippen molar-refractivity contribution < 1.29 is 4.79 Å². The molecule has 2 heterocycles. The third-order valence-corrected chi connectivity index (χ3v) is 5.76. The fourth-order valence-corrected chi connectivity index (χ4v) is 4.25. The average Bonchev–Trinajstić information content (AvgIpc) is 3.18. The molecular formula is C15H16N6OS2. The Kier molecular flexibility index (Phi) is 4.19. The number of fused-ring (bicyclic) bond motifs is 1. The number of para-hydroxylation sites is 1. The van der Waals surface area contributed by atoms with Gasteiger partial charge in [0.05, 0.1) is 28.6 Å². The molecule has 0 N–H and O–H groups in total. The van der Waals surface area contributed by atoms with E-state index in [1.165, 1.54) is 11.8 Å². The van der Waals surface area contributed by atoms with E-state index < -0.39 is 0 Å². The van der Waals surface area contributed by atoms with E-state index in [1.54, 1.807) is 23.3 Å². The van der Waals surface area contributed by atoms with Gasteiger partial charge in [0.15, 0.2) is 0 Å². The van der Waals surface area contributed by atoms with Gasteiger partial charge >= 0.3 is 0 Å². The first kappa shape index (κ1) is 15.5. The molecule has 24 heavy (non-hydrogen) atoms. The summed E-state index contributed by atoms with van der Waals surface area (Å²) in [4.78, 5) is 18.6. The molecule has 1 aliphatic carbocycles. The van der Waals surface area contributed by atoms with Gasteiger partial charge < -0.3 is 4.90 Å². The Balaban J connectivity index is 1.36. The number of nitrogens with zero attached hydrogens (tertiary/aromatic N) is 6. The zero-order valence-corrected chi connectivity index (χ0v) is 14.8. The van der Waals surface area contributed by atoms with E-state index in [1.807, 2.05) is 28.9 Å². The molecule has 0 bridgehead atoms. The van der Waals surface area contributed by atoms with Crippen molar-refractivity contribution in [1.82, 2.24) is 30.1 Å². The van der Waals surface area contributed by atoms with Gasteiger partial charge in [-0.05, 0) is 35.4 Å². The van der Waals surface area contributed by atoms with Crippen LogP contribution < -0.4 is 0 Å². The summed E-state index contributed by atoms with van der Waals surface area (Å²) in [6.45, 7) is 0.520. The van der Waals surface area contributed by atoms with Crippen molar-refractivity contribution >= 4 is 39.2 Å². The molecule has 1 fully saturated rings. The highest BCUT2D eigenvalue weighted by Gasteiger charge is 2.28.